The molecule has 2 nitrogen and oxygen atoms in total. The van der Waals surface area contributed by atoms with Crippen LogP contribution in [0.5, 0.6) is 0 Å². The van der Waals surface area contributed by atoms with Crippen molar-refractivity contribution in [3.63, 3.8) is 0 Å². The molecule has 4 rings (SSSR count). The molecule has 1 saturated carbocycles. The van der Waals surface area contributed by atoms with E-state index in [-0.39, 0.29) is 5.78 Å². The fraction of sp³-hybridized carbons (Fsp3) is 0.452. The number of ketones is 1. The van der Waals surface area contributed by atoms with Crippen molar-refractivity contribution >= 4 is 11.9 Å². The topological polar surface area (TPSA) is 32.9 Å². The summed E-state index contributed by atoms with van der Waals surface area (Å²) >= 11 is 0. The third kappa shape index (κ3) is 10.3. The maximum absolute atomic E-state index is 13.1. The Labute approximate surface area is 267 Å². The number of H-pyrrole nitrogens is 1. The monoisotopic (exact) mass is 587 g/mol. The molecule has 0 spiro atoms. The Balaban J connectivity index is 1.25. The summed E-state index contributed by atoms with van der Waals surface area (Å²) in [5.41, 5.74) is 8.56. The first-order chi connectivity index (χ1) is 21.5. The van der Waals surface area contributed by atoms with E-state index in [2.05, 4.69) is 67.9 Å². The van der Waals surface area contributed by atoms with Crippen molar-refractivity contribution < 1.29 is 4.79 Å². The maximum atomic E-state index is 13.1. The van der Waals surface area contributed by atoms with Crippen LogP contribution in [0.15, 0.2) is 66.9 Å². The van der Waals surface area contributed by atoms with E-state index in [0.29, 0.717) is 6.42 Å². The molecule has 1 aliphatic rings. The molecule has 0 radical (unpaired) electrons. The Kier molecular flexibility index (Phi) is 13.4. The summed E-state index contributed by atoms with van der Waals surface area (Å²) in [5.74, 6) is 8.72. The summed E-state index contributed by atoms with van der Waals surface area (Å²) in [5, 5.41) is 0. The number of aromatic nitrogens is 1. The van der Waals surface area contributed by atoms with E-state index >= 15 is 0 Å². The van der Waals surface area contributed by atoms with Crippen LogP contribution in [-0.4, -0.2) is 10.8 Å². The smallest absolute Gasteiger partial charge is 0.163 e. The van der Waals surface area contributed by atoms with Gasteiger partial charge in [0.2, 0.25) is 0 Å². The quantitative estimate of drug-likeness (QED) is 0.128. The summed E-state index contributed by atoms with van der Waals surface area (Å²) < 4.78 is 0. The molecule has 232 valence electrons. The fourth-order valence-electron chi connectivity index (χ4n) is 6.68. The van der Waals surface area contributed by atoms with Crippen molar-refractivity contribution in [2.24, 2.45) is 11.8 Å². The minimum absolute atomic E-state index is 0.173. The van der Waals surface area contributed by atoms with Gasteiger partial charge in [0.1, 0.15) is 0 Å². The number of carbonyl (C=O) groups excluding carboxylic acids is 1. The molecule has 1 N–H and O–H groups in total. The maximum Gasteiger partial charge on any atom is 0.163 e. The van der Waals surface area contributed by atoms with Gasteiger partial charge in [0.15, 0.2) is 5.78 Å². The highest BCUT2D eigenvalue weighted by molar-refractivity contribution is 5.96. The molecule has 1 heterocycles. The summed E-state index contributed by atoms with van der Waals surface area (Å²) in [6, 6.07) is 14.9. The van der Waals surface area contributed by atoms with Crippen molar-refractivity contribution in [3.8, 4) is 11.8 Å². The lowest BCUT2D eigenvalue weighted by molar-refractivity contribution is 0.0983. The van der Waals surface area contributed by atoms with Gasteiger partial charge in [-0.15, -0.1) is 0 Å². The van der Waals surface area contributed by atoms with Gasteiger partial charge in [-0.3, -0.25) is 4.79 Å². The van der Waals surface area contributed by atoms with Crippen LogP contribution in [0.4, 0.5) is 0 Å². The number of rotatable bonds is 12. The summed E-state index contributed by atoms with van der Waals surface area (Å²) in [6.07, 6.45) is 26.6. The Morgan fingerprint density at radius 2 is 1.52 bits per heavy atom. The van der Waals surface area contributed by atoms with Gasteiger partial charge < -0.3 is 4.98 Å². The molecule has 0 aliphatic heterocycles. The van der Waals surface area contributed by atoms with E-state index in [0.717, 1.165) is 58.2 Å². The van der Waals surface area contributed by atoms with Gasteiger partial charge in [0, 0.05) is 35.0 Å². The zero-order valence-corrected chi connectivity index (χ0v) is 27.7. The highest BCUT2D eigenvalue weighted by Crippen LogP contribution is 2.31. The highest BCUT2D eigenvalue weighted by atomic mass is 16.1. The molecule has 2 aromatic carbocycles. The van der Waals surface area contributed by atoms with Crippen molar-refractivity contribution in [1.29, 1.82) is 0 Å². The summed E-state index contributed by atoms with van der Waals surface area (Å²) in [7, 11) is 0. The van der Waals surface area contributed by atoms with Gasteiger partial charge in [-0.2, -0.15) is 0 Å². The predicted octanol–water partition coefficient (Wildman–Crippen LogP) is 11.1. The number of carbonyl (C=O) groups is 1. The molecule has 2 heteroatoms. The molecule has 1 fully saturated rings. The molecule has 1 aliphatic carbocycles. The number of aryl methyl sites for hydroxylation is 3. The third-order valence-corrected chi connectivity index (χ3v) is 9.53. The molecule has 0 unspecified atom stereocenters. The number of hydrogen-bond donors (Lipinski definition) is 1. The number of allylic oxidation sites excluding steroid dienone is 3. The lowest BCUT2D eigenvalue weighted by Crippen LogP contribution is -2.10. The van der Waals surface area contributed by atoms with Crippen LogP contribution >= 0.6 is 0 Å². The van der Waals surface area contributed by atoms with Crippen LogP contribution in [0.25, 0.3) is 6.08 Å². The lowest BCUT2D eigenvalue weighted by Gasteiger charge is -2.24. The van der Waals surface area contributed by atoms with Crippen LogP contribution in [0.1, 0.15) is 134 Å². The Bertz CT molecular complexity index is 1450. The molecular formula is C42H53NO. The van der Waals surface area contributed by atoms with Crippen molar-refractivity contribution in [2.75, 3.05) is 0 Å². The summed E-state index contributed by atoms with van der Waals surface area (Å²) in [6.45, 7) is 8.47. The predicted molar refractivity (Wildman–Crippen MR) is 188 cm³/mol. The molecule has 1 aromatic heterocycles. The van der Waals surface area contributed by atoms with Gasteiger partial charge in [-0.05, 0) is 86.3 Å². The van der Waals surface area contributed by atoms with Crippen molar-refractivity contribution in [2.45, 2.75) is 111 Å². The van der Waals surface area contributed by atoms with E-state index in [1.165, 1.54) is 75.3 Å². The highest BCUT2D eigenvalue weighted by Gasteiger charge is 2.16. The largest absolute Gasteiger partial charge is 0.360 e. The molecular weight excluding hydrogens is 534 g/mol. The fourth-order valence-corrected chi connectivity index (χ4v) is 6.68. The molecule has 0 atom stereocenters. The first-order valence-electron chi connectivity index (χ1n) is 17.2. The third-order valence-electron chi connectivity index (χ3n) is 9.53. The number of aromatic amines is 1. The van der Waals surface area contributed by atoms with Gasteiger partial charge in [-0.25, -0.2) is 0 Å². The van der Waals surface area contributed by atoms with Crippen molar-refractivity contribution in [1.82, 2.24) is 4.98 Å². The lowest BCUT2D eigenvalue weighted by atomic mass is 9.82. The van der Waals surface area contributed by atoms with Crippen LogP contribution in [0.2, 0.25) is 0 Å². The second kappa shape index (κ2) is 17.7. The van der Waals surface area contributed by atoms with Crippen LogP contribution in [-0.2, 0) is 12.8 Å². The SMILES string of the molecule is CC=C/C=C\c1[nH]cc(C#Cc2cc(C(=O)CCc3ccc(CCCC4CCCC(CCC)CCC4)cc3)ccc2C)c1C. The van der Waals surface area contributed by atoms with Gasteiger partial charge in [-0.1, -0.05) is 131 Å². The average Bonchev–Trinajstić information content (AvgIpc) is 3.37. The molecule has 0 saturated heterocycles. The minimum Gasteiger partial charge on any atom is -0.360 e. The van der Waals surface area contributed by atoms with E-state index in [9.17, 15) is 4.79 Å². The van der Waals surface area contributed by atoms with Gasteiger partial charge in [0.25, 0.3) is 0 Å². The Morgan fingerprint density at radius 1 is 0.864 bits per heavy atom. The molecule has 3 aromatic rings. The zero-order chi connectivity index (χ0) is 31.1. The normalized spacial score (nSPS) is 17.4. The van der Waals surface area contributed by atoms with Crippen LogP contribution < -0.4 is 0 Å². The standard InChI is InChI=1S/C42H53NO/c1-5-7-8-19-41-33(4)40(31-43-41)28-27-38-30-39(26-20-32(38)3)42(44)29-25-37-23-21-36(22-24-37)18-11-17-35-15-9-13-34(12-6-2)14-10-16-35/h5,7-8,19-24,26,30-31,34-35,43H,6,9-18,25,29H2,1-4H3/b7-5?,19-8-. The first-order valence-corrected chi connectivity index (χ1v) is 17.2. The van der Waals surface area contributed by atoms with E-state index in [4.69, 9.17) is 0 Å². The average molecular weight is 588 g/mol. The Morgan fingerprint density at radius 3 is 2.20 bits per heavy atom. The Hall–Kier alpha value is -3.57. The number of benzene rings is 2. The molecule has 44 heavy (non-hydrogen) atoms. The van der Waals surface area contributed by atoms with Crippen LogP contribution in [0, 0.1) is 37.5 Å². The first kappa shape index (κ1) is 33.3. The second-order valence-electron chi connectivity index (χ2n) is 12.9. The van der Waals surface area contributed by atoms with Crippen LogP contribution in [0.3, 0.4) is 0 Å². The van der Waals surface area contributed by atoms with E-state index in [1.807, 2.05) is 49.5 Å². The zero-order valence-electron chi connectivity index (χ0n) is 27.7. The number of Topliss-reactive ketones (excluding diaryl/α,β-unsaturated/α-hetero) is 1. The second-order valence-corrected chi connectivity index (χ2v) is 12.9. The number of hydrogen-bond acceptors (Lipinski definition) is 1. The minimum atomic E-state index is 0.173. The summed E-state index contributed by atoms with van der Waals surface area (Å²) in [4.78, 5) is 16.4. The van der Waals surface area contributed by atoms with E-state index < -0.39 is 0 Å². The number of nitrogens with one attached hydrogen (secondary N) is 1. The van der Waals surface area contributed by atoms with E-state index in [1.54, 1.807) is 0 Å². The van der Waals surface area contributed by atoms with Gasteiger partial charge in [0.05, 0.1) is 0 Å². The molecule has 0 amide bonds. The molecule has 0 bridgehead atoms. The van der Waals surface area contributed by atoms with Gasteiger partial charge >= 0.3 is 0 Å². The van der Waals surface area contributed by atoms with Crippen molar-refractivity contribution in [3.05, 3.63) is 112 Å².